The number of benzene rings is 4. The molecule has 5 N–H and O–H groups in total. The highest BCUT2D eigenvalue weighted by Gasteiger charge is 2.23. The average Bonchev–Trinajstić information content (AvgIpc) is 3.44. The summed E-state index contributed by atoms with van der Waals surface area (Å²) in [7, 11) is 0. The highest BCUT2D eigenvalue weighted by Crippen LogP contribution is 2.31. The van der Waals surface area contributed by atoms with Gasteiger partial charge in [-0.1, -0.05) is 35.3 Å². The topological polar surface area (TPSA) is 134 Å². The monoisotopic (exact) mass is 723 g/mol. The first-order valence-corrected chi connectivity index (χ1v) is 16.7. The molecule has 0 saturated carbocycles. The number of nitrogens with zero attached hydrogens (tertiary/aromatic N) is 3. The molecule has 1 heterocycles. The molecular formula is C37H37Cl2F2N5O4. The Morgan fingerprint density at radius 2 is 1.66 bits per heavy atom. The van der Waals surface area contributed by atoms with E-state index in [-0.39, 0.29) is 43.9 Å². The van der Waals surface area contributed by atoms with Crippen LogP contribution in [0.1, 0.15) is 36.1 Å². The van der Waals surface area contributed by atoms with Gasteiger partial charge in [-0.05, 0) is 91.2 Å². The van der Waals surface area contributed by atoms with E-state index in [2.05, 4.69) is 5.32 Å². The lowest BCUT2D eigenvalue weighted by Gasteiger charge is -2.23. The number of aromatic nitrogens is 2. The predicted octanol–water partition coefficient (Wildman–Crippen LogP) is 5.83. The number of aliphatic hydroxyl groups is 2. The minimum Gasteiger partial charge on any atom is -0.395 e. The fourth-order valence-corrected chi connectivity index (χ4v) is 6.16. The van der Waals surface area contributed by atoms with Crippen LogP contribution < -0.4 is 16.0 Å². The van der Waals surface area contributed by atoms with E-state index in [0.717, 1.165) is 29.4 Å². The average molecular weight is 725 g/mol. The van der Waals surface area contributed by atoms with Crippen molar-refractivity contribution in [3.63, 3.8) is 0 Å². The number of hydrogen-bond donors (Lipinski definition) is 4. The van der Waals surface area contributed by atoms with Gasteiger partial charge in [-0.15, -0.1) is 0 Å². The van der Waals surface area contributed by atoms with E-state index in [1.165, 1.54) is 6.92 Å². The molecule has 1 aromatic heterocycles. The minimum atomic E-state index is -0.939. The largest absolute Gasteiger partial charge is 0.395 e. The molecule has 50 heavy (non-hydrogen) atoms. The van der Waals surface area contributed by atoms with Crippen LogP contribution in [0.3, 0.4) is 0 Å². The Morgan fingerprint density at radius 1 is 0.940 bits per heavy atom. The molecule has 0 saturated heterocycles. The number of hydrogen-bond acceptors (Lipinski definition) is 7. The van der Waals surface area contributed by atoms with E-state index < -0.39 is 29.6 Å². The molecule has 5 rings (SSSR count). The smallest absolute Gasteiger partial charge is 0.237 e. The normalized spacial score (nSPS) is 12.6. The molecule has 0 bridgehead atoms. The lowest BCUT2D eigenvalue weighted by molar-refractivity contribution is -0.123. The number of imidazole rings is 1. The van der Waals surface area contributed by atoms with Gasteiger partial charge in [-0.3, -0.25) is 9.59 Å². The number of carbonyl (C=O) groups is 2. The van der Waals surface area contributed by atoms with Gasteiger partial charge in [-0.2, -0.15) is 0 Å². The van der Waals surface area contributed by atoms with E-state index in [1.54, 1.807) is 41.0 Å². The lowest BCUT2D eigenvalue weighted by atomic mass is 9.99. The number of rotatable bonds is 15. The molecule has 13 heteroatoms. The highest BCUT2D eigenvalue weighted by atomic mass is 35.5. The van der Waals surface area contributed by atoms with Crippen LogP contribution in [0.4, 0.5) is 14.5 Å². The number of nitrogens with two attached hydrogens (primary N) is 1. The minimum absolute atomic E-state index is 0.00154. The van der Waals surface area contributed by atoms with Crippen LogP contribution in [0.15, 0.2) is 78.9 Å². The predicted molar refractivity (Wildman–Crippen MR) is 191 cm³/mol. The molecule has 5 aromatic rings. The quantitative estimate of drug-likeness (QED) is 0.107. The van der Waals surface area contributed by atoms with Crippen molar-refractivity contribution < 1.29 is 28.6 Å². The summed E-state index contributed by atoms with van der Waals surface area (Å²) >= 11 is 12.1. The third-order valence-corrected chi connectivity index (χ3v) is 9.06. The van der Waals surface area contributed by atoms with Crippen LogP contribution in [-0.4, -0.2) is 63.8 Å². The fourth-order valence-electron chi connectivity index (χ4n) is 5.84. The summed E-state index contributed by atoms with van der Waals surface area (Å²) in [6.45, 7) is 1.88. The van der Waals surface area contributed by atoms with Crippen molar-refractivity contribution in [1.29, 1.82) is 0 Å². The van der Waals surface area contributed by atoms with Crippen molar-refractivity contribution in [3.05, 3.63) is 117 Å². The van der Waals surface area contributed by atoms with Crippen molar-refractivity contribution in [1.82, 2.24) is 14.9 Å². The molecular weight excluding hydrogens is 687 g/mol. The molecule has 0 aliphatic heterocycles. The van der Waals surface area contributed by atoms with Gasteiger partial charge in [0.2, 0.25) is 5.91 Å². The van der Waals surface area contributed by atoms with E-state index >= 15 is 0 Å². The Morgan fingerprint density at radius 3 is 2.32 bits per heavy atom. The summed E-state index contributed by atoms with van der Waals surface area (Å²) in [6.07, 6.45) is 0.188. The van der Waals surface area contributed by atoms with Gasteiger partial charge >= 0.3 is 0 Å². The Hall–Kier alpha value is -4.39. The first kappa shape index (κ1) is 36.9. The van der Waals surface area contributed by atoms with E-state index in [0.29, 0.717) is 51.1 Å². The zero-order valence-electron chi connectivity index (χ0n) is 27.3. The number of halogens is 4. The maximum Gasteiger partial charge on any atom is 0.237 e. The second kappa shape index (κ2) is 16.5. The van der Waals surface area contributed by atoms with E-state index in [9.17, 15) is 28.6 Å². The zero-order valence-corrected chi connectivity index (χ0v) is 28.8. The first-order chi connectivity index (χ1) is 24.0. The maximum absolute atomic E-state index is 14.9. The van der Waals surface area contributed by atoms with Gasteiger partial charge in [0, 0.05) is 36.3 Å². The van der Waals surface area contributed by atoms with Gasteiger partial charge in [0.15, 0.2) is 0 Å². The zero-order chi connectivity index (χ0) is 35.9. The molecule has 0 fully saturated rings. The van der Waals surface area contributed by atoms with Gasteiger partial charge in [0.25, 0.3) is 0 Å². The number of amides is 1. The van der Waals surface area contributed by atoms with Gasteiger partial charge in [0.05, 0.1) is 52.9 Å². The Kier molecular flexibility index (Phi) is 12.2. The SMILES string of the molecule is CC(=O)CC(NC(=O)[C@@H](N)Cc1ccc(Cl)c(Cl)c1)c1ccc2c(c1)nc(-c1ccc(N(CCO)CCO)cc1)n2Cc1cc(F)ccc1F. The number of anilines is 1. The van der Waals surface area contributed by atoms with Crippen LogP contribution in [0.5, 0.6) is 0 Å². The standard InChI is InChI=1S/C37H37Cl2F2N5O4/c1-22(49)16-33(44-37(50)32(42)18-23-2-9-29(38)30(39)17-23)25-5-11-35-34(20-25)43-36(46(35)21-26-19-27(40)6-10-31(26)41)24-3-7-28(8-4-24)45(12-14-47)13-15-48/h2-11,17,19-20,32-33,47-48H,12-16,18,21,42H2,1H3,(H,44,50)/t32-,33?/m0/s1. The molecule has 0 radical (unpaired) electrons. The molecule has 0 spiro atoms. The van der Waals surface area contributed by atoms with Gasteiger partial charge in [0.1, 0.15) is 23.2 Å². The molecule has 0 aliphatic carbocycles. The van der Waals surface area contributed by atoms with Gasteiger partial charge in [-0.25, -0.2) is 13.8 Å². The third kappa shape index (κ3) is 8.85. The van der Waals surface area contributed by atoms with Crippen LogP contribution >= 0.6 is 23.2 Å². The second-order valence-corrected chi connectivity index (χ2v) is 12.8. The van der Waals surface area contributed by atoms with Crippen LogP contribution in [0.25, 0.3) is 22.4 Å². The van der Waals surface area contributed by atoms with E-state index in [4.69, 9.17) is 33.9 Å². The number of aliphatic hydroxyl groups excluding tert-OH is 2. The summed E-state index contributed by atoms with van der Waals surface area (Å²) in [5.74, 6) is -1.30. The van der Waals surface area contributed by atoms with Gasteiger partial charge < -0.3 is 30.7 Å². The lowest BCUT2D eigenvalue weighted by Crippen LogP contribution is -2.43. The number of nitrogens with one attached hydrogen (secondary N) is 1. The summed E-state index contributed by atoms with van der Waals surface area (Å²) in [5.41, 5.74) is 10.3. The van der Waals surface area contributed by atoms with Crippen LogP contribution in [0.2, 0.25) is 10.0 Å². The number of ketones is 1. The molecule has 262 valence electrons. The van der Waals surface area contributed by atoms with Crippen molar-refractivity contribution in [2.45, 2.75) is 38.4 Å². The summed E-state index contributed by atoms with van der Waals surface area (Å²) in [6, 6.07) is 19.2. The van der Waals surface area contributed by atoms with Crippen molar-refractivity contribution in [2.24, 2.45) is 5.73 Å². The third-order valence-electron chi connectivity index (χ3n) is 8.33. The van der Waals surface area contributed by atoms with Crippen LogP contribution in [0, 0.1) is 11.6 Å². The van der Waals surface area contributed by atoms with Crippen LogP contribution in [-0.2, 0) is 22.6 Å². The molecule has 4 aromatic carbocycles. The maximum atomic E-state index is 14.9. The number of carbonyl (C=O) groups excluding carboxylic acids is 2. The van der Waals surface area contributed by atoms with Crippen molar-refractivity contribution in [2.75, 3.05) is 31.2 Å². The molecule has 1 unspecified atom stereocenters. The number of fused-ring (bicyclic) bond motifs is 1. The fraction of sp³-hybridized carbons (Fsp3) is 0.270. The Bertz CT molecular complexity index is 1980. The Labute approximate surface area is 298 Å². The molecule has 1 amide bonds. The van der Waals surface area contributed by atoms with Crippen molar-refractivity contribution >= 4 is 51.6 Å². The second-order valence-electron chi connectivity index (χ2n) is 12.0. The molecule has 9 nitrogen and oxygen atoms in total. The first-order valence-electron chi connectivity index (χ1n) is 16.0. The Balaban J connectivity index is 1.50. The van der Waals surface area contributed by atoms with Crippen molar-refractivity contribution in [3.8, 4) is 11.4 Å². The van der Waals surface area contributed by atoms with E-state index in [1.807, 2.05) is 29.2 Å². The summed E-state index contributed by atoms with van der Waals surface area (Å²) in [4.78, 5) is 32.3. The summed E-state index contributed by atoms with van der Waals surface area (Å²) in [5, 5.41) is 22.6. The molecule has 0 aliphatic rings. The highest BCUT2D eigenvalue weighted by molar-refractivity contribution is 6.42. The number of Topliss-reactive ketones (excluding diaryl/α,β-unsaturated/α-hetero) is 1. The molecule has 2 atom stereocenters. The summed E-state index contributed by atoms with van der Waals surface area (Å²) < 4.78 is 30.9.